The molecule has 13 nitrogen and oxygen atoms in total. The Morgan fingerprint density at radius 1 is 1.24 bits per heavy atom. The maximum absolute atomic E-state index is 10.9. The molecule has 0 amide bonds. The minimum atomic E-state index is -4.77. The summed E-state index contributed by atoms with van der Waals surface area (Å²) >= 11 is 6.08. The number of aliphatic hydroxyl groups excluding tert-OH is 2. The van der Waals surface area contributed by atoms with Gasteiger partial charge in [-0.15, -0.1) is 0 Å². The Bertz CT molecular complexity index is 1190. The van der Waals surface area contributed by atoms with Crippen molar-refractivity contribution in [2.24, 2.45) is 0 Å². The van der Waals surface area contributed by atoms with Gasteiger partial charge in [0.15, 0.2) is 23.2 Å². The van der Waals surface area contributed by atoms with Gasteiger partial charge in [-0.25, -0.2) is 19.5 Å². The molecule has 1 aliphatic rings. The molecule has 1 aliphatic heterocycles. The third-order valence-electron chi connectivity index (χ3n) is 5.07. The Hall–Kier alpha value is -2.35. The van der Waals surface area contributed by atoms with Gasteiger partial charge in [0.25, 0.3) is 0 Å². The average molecular weight is 502 g/mol. The van der Waals surface area contributed by atoms with E-state index >= 15 is 0 Å². The van der Waals surface area contributed by atoms with E-state index in [9.17, 15) is 14.8 Å². The standard InChI is InChI=1S/C18H21ClN5O8P/c1-30-11-3-2-10(19)4-9(11)5-20-16-13-17(22-7-21-16)24(8-23-13)18-15(26)14(25)12(32-18)6-31-33(27,28)29/h2-4,7-8,12,14-15,18,25-26H,5-6H2,1H3,(H,20,21,22)(H2,27,28,29)/t12-,14-,15-,18-/m1/s1. The second-order valence-corrected chi connectivity index (χ2v) is 8.86. The quantitative estimate of drug-likeness (QED) is 0.274. The number of fused-ring (bicyclic) bond motifs is 1. The summed E-state index contributed by atoms with van der Waals surface area (Å²) in [6, 6.07) is 5.22. The van der Waals surface area contributed by atoms with Crippen molar-refractivity contribution < 1.29 is 38.6 Å². The lowest BCUT2D eigenvalue weighted by molar-refractivity contribution is -0.0504. The normalized spacial score (nSPS) is 23.2. The first-order chi connectivity index (χ1) is 15.7. The van der Waals surface area contributed by atoms with Crippen LogP contribution in [-0.2, 0) is 20.4 Å². The fraction of sp³-hybridized carbons (Fsp3) is 0.389. The van der Waals surface area contributed by atoms with E-state index in [4.69, 9.17) is 30.9 Å². The van der Waals surface area contributed by atoms with Crippen LogP contribution in [0.3, 0.4) is 0 Å². The van der Waals surface area contributed by atoms with Gasteiger partial charge >= 0.3 is 7.82 Å². The van der Waals surface area contributed by atoms with Gasteiger partial charge in [-0.1, -0.05) is 11.6 Å². The summed E-state index contributed by atoms with van der Waals surface area (Å²) in [5.74, 6) is 1.04. The predicted octanol–water partition coefficient (Wildman–Crippen LogP) is 0.829. The molecule has 4 atom stereocenters. The number of aliphatic hydroxyl groups is 2. The summed E-state index contributed by atoms with van der Waals surface area (Å²) in [6.45, 7) is -0.291. The van der Waals surface area contributed by atoms with E-state index in [1.165, 1.54) is 17.2 Å². The number of benzene rings is 1. The van der Waals surface area contributed by atoms with Gasteiger partial charge in [0.1, 0.15) is 30.4 Å². The van der Waals surface area contributed by atoms with Gasteiger partial charge in [-0.2, -0.15) is 0 Å². The number of phosphoric acid groups is 1. The fourth-order valence-corrected chi connectivity index (χ4v) is 4.03. The average Bonchev–Trinajstić information content (AvgIpc) is 3.32. The molecule has 0 bridgehead atoms. The van der Waals surface area contributed by atoms with Crippen LogP contribution >= 0.6 is 19.4 Å². The molecule has 178 valence electrons. The highest BCUT2D eigenvalue weighted by Crippen LogP contribution is 2.39. The number of nitrogens with one attached hydrogen (secondary N) is 1. The minimum absolute atomic E-state index is 0.304. The van der Waals surface area contributed by atoms with E-state index in [-0.39, 0.29) is 0 Å². The van der Waals surface area contributed by atoms with Crippen LogP contribution < -0.4 is 10.1 Å². The lowest BCUT2D eigenvalue weighted by Gasteiger charge is -2.16. The first kappa shape index (κ1) is 23.8. The summed E-state index contributed by atoms with van der Waals surface area (Å²) < 4.78 is 27.7. The number of hydrogen-bond acceptors (Lipinski definition) is 10. The Morgan fingerprint density at radius 3 is 2.76 bits per heavy atom. The van der Waals surface area contributed by atoms with Crippen LogP contribution in [0.4, 0.5) is 5.82 Å². The van der Waals surface area contributed by atoms with Crippen LogP contribution in [0.25, 0.3) is 11.2 Å². The molecule has 0 aliphatic carbocycles. The lowest BCUT2D eigenvalue weighted by Crippen LogP contribution is -2.33. The zero-order valence-corrected chi connectivity index (χ0v) is 18.8. The number of halogens is 1. The van der Waals surface area contributed by atoms with Crippen molar-refractivity contribution >= 4 is 36.4 Å². The number of hydrogen-bond donors (Lipinski definition) is 5. The SMILES string of the molecule is COc1ccc(Cl)cc1CNc1ncnc2c1ncn2[C@@H]1O[C@H](COP(=O)(O)O)[C@@H](O)[C@H]1O. The van der Waals surface area contributed by atoms with E-state index < -0.39 is 39.0 Å². The number of phosphoric ester groups is 1. The monoisotopic (exact) mass is 501 g/mol. The molecule has 2 aromatic heterocycles. The first-order valence-corrected chi connectivity index (χ1v) is 11.5. The summed E-state index contributed by atoms with van der Waals surface area (Å²) in [5, 5.41) is 24.4. The third kappa shape index (κ3) is 5.10. The summed E-state index contributed by atoms with van der Waals surface area (Å²) in [5.41, 5.74) is 1.47. The van der Waals surface area contributed by atoms with Crippen molar-refractivity contribution in [2.75, 3.05) is 19.0 Å². The Balaban J connectivity index is 1.55. The molecule has 5 N–H and O–H groups in total. The molecule has 4 rings (SSSR count). The smallest absolute Gasteiger partial charge is 0.469 e. The number of nitrogens with zero attached hydrogens (tertiary/aromatic N) is 4. The first-order valence-electron chi connectivity index (χ1n) is 9.63. The molecule has 1 fully saturated rings. The largest absolute Gasteiger partial charge is 0.496 e. The van der Waals surface area contributed by atoms with Gasteiger partial charge in [0.2, 0.25) is 0 Å². The lowest BCUT2D eigenvalue weighted by atomic mass is 10.1. The highest BCUT2D eigenvalue weighted by atomic mass is 35.5. The van der Waals surface area contributed by atoms with E-state index in [1.807, 2.05) is 0 Å². The van der Waals surface area contributed by atoms with Crippen molar-refractivity contribution in [3.8, 4) is 5.75 Å². The minimum Gasteiger partial charge on any atom is -0.496 e. The second kappa shape index (κ2) is 9.49. The molecule has 0 saturated carbocycles. The molecule has 33 heavy (non-hydrogen) atoms. The maximum atomic E-state index is 10.9. The number of anilines is 1. The second-order valence-electron chi connectivity index (χ2n) is 7.19. The van der Waals surface area contributed by atoms with Gasteiger partial charge in [0.05, 0.1) is 20.0 Å². The zero-order chi connectivity index (χ0) is 23.8. The summed E-state index contributed by atoms with van der Waals surface area (Å²) in [6.07, 6.45) is -2.51. The predicted molar refractivity (Wildman–Crippen MR) is 115 cm³/mol. The van der Waals surface area contributed by atoms with Crippen LogP contribution in [0.15, 0.2) is 30.9 Å². The van der Waals surface area contributed by atoms with E-state index in [0.29, 0.717) is 34.3 Å². The van der Waals surface area contributed by atoms with Crippen LogP contribution in [0.2, 0.25) is 5.02 Å². The van der Waals surface area contributed by atoms with Crippen molar-refractivity contribution in [1.29, 1.82) is 0 Å². The summed E-state index contributed by atoms with van der Waals surface area (Å²) in [4.78, 5) is 30.4. The Morgan fingerprint density at radius 2 is 2.03 bits per heavy atom. The zero-order valence-electron chi connectivity index (χ0n) is 17.1. The van der Waals surface area contributed by atoms with Crippen LogP contribution in [0.5, 0.6) is 5.75 Å². The topological polar surface area (TPSA) is 181 Å². The maximum Gasteiger partial charge on any atom is 0.469 e. The third-order valence-corrected chi connectivity index (χ3v) is 5.79. The van der Waals surface area contributed by atoms with Crippen molar-refractivity contribution in [3.05, 3.63) is 41.4 Å². The molecular formula is C18H21ClN5O8P. The molecular weight excluding hydrogens is 481 g/mol. The van der Waals surface area contributed by atoms with E-state index in [2.05, 4.69) is 24.8 Å². The Labute approximate surface area is 192 Å². The number of rotatable bonds is 8. The summed E-state index contributed by atoms with van der Waals surface area (Å²) in [7, 11) is -3.22. The van der Waals surface area contributed by atoms with Crippen molar-refractivity contribution in [1.82, 2.24) is 19.5 Å². The van der Waals surface area contributed by atoms with Gasteiger partial charge in [-0.05, 0) is 18.2 Å². The molecule has 15 heteroatoms. The molecule has 0 unspecified atom stereocenters. The molecule has 0 spiro atoms. The van der Waals surface area contributed by atoms with Crippen LogP contribution in [0.1, 0.15) is 11.8 Å². The fourth-order valence-electron chi connectivity index (χ4n) is 3.50. The molecule has 0 radical (unpaired) electrons. The van der Waals surface area contributed by atoms with Gasteiger partial charge < -0.3 is 34.8 Å². The van der Waals surface area contributed by atoms with Gasteiger partial charge in [0, 0.05) is 17.1 Å². The molecule has 1 saturated heterocycles. The number of aromatic nitrogens is 4. The van der Waals surface area contributed by atoms with E-state index in [0.717, 1.165) is 5.56 Å². The number of imidazole rings is 1. The highest BCUT2D eigenvalue weighted by Gasteiger charge is 2.45. The number of methoxy groups -OCH3 is 1. The van der Waals surface area contributed by atoms with Crippen molar-refractivity contribution in [3.63, 3.8) is 0 Å². The molecule has 3 aromatic rings. The van der Waals surface area contributed by atoms with Crippen LogP contribution in [-0.4, -0.2) is 71.5 Å². The number of ether oxygens (including phenoxy) is 2. The molecule has 3 heterocycles. The van der Waals surface area contributed by atoms with Gasteiger partial charge in [-0.3, -0.25) is 9.09 Å². The Kier molecular flexibility index (Phi) is 6.84. The van der Waals surface area contributed by atoms with Crippen molar-refractivity contribution in [2.45, 2.75) is 31.1 Å². The highest BCUT2D eigenvalue weighted by molar-refractivity contribution is 7.46. The molecule has 1 aromatic carbocycles. The van der Waals surface area contributed by atoms with Crippen LogP contribution in [0, 0.1) is 0 Å². The van der Waals surface area contributed by atoms with E-state index in [1.54, 1.807) is 25.3 Å².